The molecular formula is C16H14O. The van der Waals surface area contributed by atoms with Crippen LogP contribution in [0.3, 0.4) is 0 Å². The molecule has 2 aromatic rings. The van der Waals surface area contributed by atoms with E-state index in [4.69, 9.17) is 0 Å². The summed E-state index contributed by atoms with van der Waals surface area (Å²) in [6.07, 6.45) is 5.06. The highest BCUT2D eigenvalue weighted by Gasteiger charge is 2.16. The second kappa shape index (κ2) is 3.77. The number of phenols is 1. The van der Waals surface area contributed by atoms with Crippen molar-refractivity contribution in [1.29, 1.82) is 0 Å². The number of phenolic OH excluding ortho intramolecular Hbond substituents is 1. The maximum absolute atomic E-state index is 10.3. The van der Waals surface area contributed by atoms with Gasteiger partial charge in [0.15, 0.2) is 0 Å². The van der Waals surface area contributed by atoms with Crippen LogP contribution in [0, 0.1) is 6.92 Å². The predicted octanol–water partition coefficient (Wildman–Crippen LogP) is 3.94. The van der Waals surface area contributed by atoms with Gasteiger partial charge in [-0.3, -0.25) is 0 Å². The van der Waals surface area contributed by atoms with E-state index < -0.39 is 0 Å². The fraction of sp³-hybridized carbons (Fsp3) is 0.125. The normalized spacial score (nSPS) is 12.8. The molecule has 0 amide bonds. The number of hydrogen-bond acceptors (Lipinski definition) is 1. The van der Waals surface area contributed by atoms with Crippen LogP contribution >= 0.6 is 0 Å². The van der Waals surface area contributed by atoms with Gasteiger partial charge in [0.25, 0.3) is 0 Å². The van der Waals surface area contributed by atoms with E-state index in [1.54, 1.807) is 0 Å². The topological polar surface area (TPSA) is 20.2 Å². The van der Waals surface area contributed by atoms with Crippen LogP contribution in [0.4, 0.5) is 0 Å². The summed E-state index contributed by atoms with van der Waals surface area (Å²) in [5.41, 5.74) is 5.48. The monoisotopic (exact) mass is 222 g/mol. The zero-order valence-corrected chi connectivity index (χ0v) is 9.77. The maximum Gasteiger partial charge on any atom is 0.130 e. The molecule has 0 aliphatic heterocycles. The van der Waals surface area contributed by atoms with Crippen molar-refractivity contribution in [3.63, 3.8) is 0 Å². The number of hydrogen-bond donors (Lipinski definition) is 1. The molecule has 1 nitrogen and oxygen atoms in total. The van der Waals surface area contributed by atoms with Crippen molar-refractivity contribution in [2.24, 2.45) is 0 Å². The Bertz CT molecular complexity index is 595. The molecule has 0 heterocycles. The molecule has 0 saturated carbocycles. The van der Waals surface area contributed by atoms with E-state index in [1.165, 1.54) is 11.1 Å². The lowest BCUT2D eigenvalue weighted by Gasteiger charge is -2.12. The molecule has 0 saturated heterocycles. The fourth-order valence-electron chi connectivity index (χ4n) is 2.46. The molecule has 3 rings (SSSR count). The van der Waals surface area contributed by atoms with Gasteiger partial charge in [0, 0.05) is 11.1 Å². The van der Waals surface area contributed by atoms with Crippen LogP contribution in [0.15, 0.2) is 42.5 Å². The molecule has 0 unspecified atom stereocenters. The second-order valence-electron chi connectivity index (χ2n) is 4.45. The van der Waals surface area contributed by atoms with Gasteiger partial charge >= 0.3 is 0 Å². The first-order chi connectivity index (χ1) is 8.27. The molecule has 1 heteroatoms. The Labute approximate surface area is 101 Å². The van der Waals surface area contributed by atoms with E-state index in [1.807, 2.05) is 36.4 Å². The molecule has 0 aromatic heterocycles. The molecule has 1 N–H and O–H groups in total. The second-order valence-corrected chi connectivity index (χ2v) is 4.45. The average molecular weight is 222 g/mol. The largest absolute Gasteiger partial charge is 0.507 e. The van der Waals surface area contributed by atoms with Crippen LogP contribution in [-0.2, 0) is 6.42 Å². The molecule has 0 spiro atoms. The highest BCUT2D eigenvalue weighted by atomic mass is 16.3. The summed E-state index contributed by atoms with van der Waals surface area (Å²) in [6, 6.07) is 12.1. The minimum Gasteiger partial charge on any atom is -0.507 e. The molecule has 1 aliphatic rings. The molecule has 17 heavy (non-hydrogen) atoms. The zero-order chi connectivity index (χ0) is 11.8. The predicted molar refractivity (Wildman–Crippen MR) is 71.0 cm³/mol. The van der Waals surface area contributed by atoms with Gasteiger partial charge in [-0.25, -0.2) is 0 Å². The molecule has 2 aromatic carbocycles. The minimum atomic E-state index is 0.408. The van der Waals surface area contributed by atoms with E-state index in [9.17, 15) is 5.11 Å². The SMILES string of the molecule is Cc1cc(-c2ccccc2)c(O)c2c1CC=C2. The van der Waals surface area contributed by atoms with Gasteiger partial charge in [0.05, 0.1) is 0 Å². The van der Waals surface area contributed by atoms with Gasteiger partial charge in [-0.1, -0.05) is 42.5 Å². The quantitative estimate of drug-likeness (QED) is 0.775. The third kappa shape index (κ3) is 1.55. The van der Waals surface area contributed by atoms with Crippen LogP contribution in [0.1, 0.15) is 16.7 Å². The Morgan fingerprint density at radius 3 is 2.65 bits per heavy atom. The van der Waals surface area contributed by atoms with Gasteiger partial charge in [0.2, 0.25) is 0 Å². The first kappa shape index (κ1) is 10.2. The Hall–Kier alpha value is -2.02. The summed E-state index contributed by atoms with van der Waals surface area (Å²) in [4.78, 5) is 0. The van der Waals surface area contributed by atoms with Gasteiger partial charge in [-0.15, -0.1) is 0 Å². The number of fused-ring (bicyclic) bond motifs is 1. The average Bonchev–Trinajstić information content (AvgIpc) is 2.85. The Kier molecular flexibility index (Phi) is 2.25. The summed E-state index contributed by atoms with van der Waals surface area (Å²) in [6.45, 7) is 2.11. The number of allylic oxidation sites excluding steroid dienone is 1. The zero-order valence-electron chi connectivity index (χ0n) is 9.77. The Balaban J connectivity index is 2.26. The van der Waals surface area contributed by atoms with Gasteiger partial charge in [0.1, 0.15) is 5.75 Å². The number of aryl methyl sites for hydroxylation is 1. The van der Waals surface area contributed by atoms with Crippen LogP contribution in [-0.4, -0.2) is 5.11 Å². The summed E-state index contributed by atoms with van der Waals surface area (Å²) in [7, 11) is 0. The summed E-state index contributed by atoms with van der Waals surface area (Å²) < 4.78 is 0. The minimum absolute atomic E-state index is 0.408. The molecular weight excluding hydrogens is 208 g/mol. The molecule has 0 bridgehead atoms. The van der Waals surface area contributed by atoms with Crippen molar-refractivity contribution in [2.75, 3.05) is 0 Å². The van der Waals surface area contributed by atoms with Crippen molar-refractivity contribution in [1.82, 2.24) is 0 Å². The van der Waals surface area contributed by atoms with E-state index in [-0.39, 0.29) is 0 Å². The van der Waals surface area contributed by atoms with Crippen molar-refractivity contribution in [3.05, 3.63) is 59.2 Å². The fourth-order valence-corrected chi connectivity index (χ4v) is 2.46. The highest BCUT2D eigenvalue weighted by Crippen LogP contribution is 2.39. The molecule has 0 fully saturated rings. The van der Waals surface area contributed by atoms with Crippen molar-refractivity contribution < 1.29 is 5.11 Å². The first-order valence-corrected chi connectivity index (χ1v) is 5.85. The van der Waals surface area contributed by atoms with Gasteiger partial charge in [-0.2, -0.15) is 0 Å². The third-order valence-electron chi connectivity index (χ3n) is 3.36. The smallest absolute Gasteiger partial charge is 0.130 e. The van der Waals surface area contributed by atoms with E-state index in [2.05, 4.69) is 19.1 Å². The Morgan fingerprint density at radius 2 is 1.88 bits per heavy atom. The highest BCUT2D eigenvalue weighted by molar-refractivity contribution is 5.80. The van der Waals surface area contributed by atoms with Gasteiger partial charge in [-0.05, 0) is 36.1 Å². The lowest BCUT2D eigenvalue weighted by atomic mass is 9.95. The number of aromatic hydroxyl groups is 1. The standard InChI is InChI=1S/C16H14O/c1-11-10-15(12-6-3-2-4-7-12)16(17)14-9-5-8-13(11)14/h2-7,9-10,17H,8H2,1H3. The van der Waals surface area contributed by atoms with E-state index in [0.29, 0.717) is 5.75 Å². The number of benzene rings is 2. The molecule has 0 radical (unpaired) electrons. The van der Waals surface area contributed by atoms with Crippen molar-refractivity contribution in [2.45, 2.75) is 13.3 Å². The van der Waals surface area contributed by atoms with Crippen LogP contribution < -0.4 is 0 Å². The van der Waals surface area contributed by atoms with Crippen molar-refractivity contribution in [3.8, 4) is 16.9 Å². The van der Waals surface area contributed by atoms with Crippen LogP contribution in [0.25, 0.3) is 17.2 Å². The maximum atomic E-state index is 10.3. The lowest BCUT2D eigenvalue weighted by Crippen LogP contribution is -1.91. The van der Waals surface area contributed by atoms with E-state index >= 15 is 0 Å². The van der Waals surface area contributed by atoms with E-state index in [0.717, 1.165) is 23.1 Å². The third-order valence-corrected chi connectivity index (χ3v) is 3.36. The molecule has 84 valence electrons. The van der Waals surface area contributed by atoms with Crippen LogP contribution in [0.5, 0.6) is 5.75 Å². The summed E-state index contributed by atoms with van der Waals surface area (Å²) in [5.74, 6) is 0.408. The number of rotatable bonds is 1. The van der Waals surface area contributed by atoms with Crippen LogP contribution in [0.2, 0.25) is 0 Å². The lowest BCUT2D eigenvalue weighted by molar-refractivity contribution is 0.475. The summed E-state index contributed by atoms with van der Waals surface area (Å²) in [5, 5.41) is 10.3. The van der Waals surface area contributed by atoms with Crippen molar-refractivity contribution >= 4 is 6.08 Å². The first-order valence-electron chi connectivity index (χ1n) is 5.85. The molecule has 0 atom stereocenters. The molecule has 1 aliphatic carbocycles. The Morgan fingerprint density at radius 1 is 1.12 bits per heavy atom. The van der Waals surface area contributed by atoms with Gasteiger partial charge < -0.3 is 5.11 Å². The summed E-state index contributed by atoms with van der Waals surface area (Å²) >= 11 is 0.